The Balaban J connectivity index is 1.03. The highest BCUT2D eigenvalue weighted by molar-refractivity contribution is 5.22. The van der Waals surface area contributed by atoms with E-state index in [1.54, 1.807) is 24.3 Å². The summed E-state index contributed by atoms with van der Waals surface area (Å²) in [5, 5.41) is 227. The summed E-state index contributed by atoms with van der Waals surface area (Å²) in [6, 6.07) is 5.38. The van der Waals surface area contributed by atoms with Crippen LogP contribution in [-0.4, -0.2) is 363 Å². The number of nitrogens with one attached hydrogen (secondary N) is 1. The average molecular weight is 1250 g/mol. The highest BCUT2D eigenvalue weighted by Crippen LogP contribution is 2.39. The summed E-state index contributed by atoms with van der Waals surface area (Å²) in [6.07, 6.45) is -67.0. The maximum Gasteiger partial charge on any atom is 0.187 e. The minimum Gasteiger partial charge on any atom is -0.394 e. The van der Waals surface area contributed by atoms with E-state index in [0.717, 1.165) is 5.56 Å². The van der Waals surface area contributed by atoms with E-state index in [9.17, 15) is 102 Å². The molecule has 21 aliphatic heterocycles. The molecular formula is C50H80N2O34. The molecule has 23 N–H and O–H groups in total. The molecule has 0 saturated carbocycles. The highest BCUT2D eigenvalue weighted by Gasteiger charge is 2.59. The van der Waals surface area contributed by atoms with Gasteiger partial charge >= 0.3 is 0 Å². The van der Waals surface area contributed by atoms with Crippen molar-refractivity contribution in [2.45, 2.75) is 228 Å². The number of nitrogens with two attached hydrogens (primary N) is 1. The first-order valence-corrected chi connectivity index (χ1v) is 27.9. The minimum atomic E-state index is -2.21. The van der Waals surface area contributed by atoms with Crippen LogP contribution in [-0.2, 0) is 79.4 Å². The number of hydrogen-bond donors (Lipinski definition) is 22. The molecule has 1 aromatic carbocycles. The molecule has 21 heterocycles. The zero-order valence-corrected chi connectivity index (χ0v) is 45.6. The smallest absolute Gasteiger partial charge is 0.187 e. The maximum absolute atomic E-state index is 12.2. The molecule has 0 amide bonds. The Labute approximate surface area is 488 Å². The quantitative estimate of drug-likeness (QED) is 0.0978. The van der Waals surface area contributed by atoms with Crippen LogP contribution in [0.15, 0.2) is 24.3 Å². The lowest BCUT2D eigenvalue weighted by molar-refractivity contribution is -0.396. The predicted octanol–water partition coefficient (Wildman–Crippen LogP) is -14.0. The van der Waals surface area contributed by atoms with Crippen LogP contribution in [0.2, 0.25) is 0 Å². The van der Waals surface area contributed by atoms with E-state index in [2.05, 4.69) is 5.32 Å². The number of ether oxygens (including phenoxy) is 14. The van der Waals surface area contributed by atoms with E-state index in [-0.39, 0.29) is 13.1 Å². The van der Waals surface area contributed by atoms with Crippen molar-refractivity contribution in [1.29, 1.82) is 0 Å². The largest absolute Gasteiger partial charge is 0.394 e. The van der Waals surface area contributed by atoms with Crippen molar-refractivity contribution in [1.82, 2.24) is 5.32 Å². The third-order valence-electron chi connectivity index (χ3n) is 16.6. The molecule has 14 bridgehead atoms. The molecule has 494 valence electrons. The Morgan fingerprint density at radius 3 is 0.686 bits per heavy atom. The van der Waals surface area contributed by atoms with Crippen molar-refractivity contribution in [2.75, 3.05) is 46.2 Å². The number of rotatable bonds is 11. The van der Waals surface area contributed by atoms with E-state index < -0.39 is 261 Å². The van der Waals surface area contributed by atoms with Crippen LogP contribution in [0.25, 0.3) is 0 Å². The van der Waals surface area contributed by atoms with E-state index in [1.165, 1.54) is 0 Å². The molecule has 0 spiro atoms. The van der Waals surface area contributed by atoms with Crippen LogP contribution < -0.4 is 11.1 Å². The first-order valence-electron chi connectivity index (χ1n) is 27.9. The van der Waals surface area contributed by atoms with Crippen LogP contribution >= 0.6 is 0 Å². The lowest BCUT2D eigenvalue weighted by atomic mass is 9.93. The van der Waals surface area contributed by atoms with Gasteiger partial charge in [-0.3, -0.25) is 0 Å². The summed E-state index contributed by atoms with van der Waals surface area (Å²) in [4.78, 5) is 0. The number of benzene rings is 1. The van der Waals surface area contributed by atoms with Crippen molar-refractivity contribution in [3.05, 3.63) is 35.4 Å². The molecule has 21 fully saturated rings. The van der Waals surface area contributed by atoms with Crippen LogP contribution in [0, 0.1) is 0 Å². The van der Waals surface area contributed by atoms with Gasteiger partial charge in [0.05, 0.1) is 52.3 Å². The molecule has 36 nitrogen and oxygen atoms in total. The predicted molar refractivity (Wildman–Crippen MR) is 267 cm³/mol. The van der Waals surface area contributed by atoms with Crippen molar-refractivity contribution < 1.29 is 168 Å². The summed E-state index contributed by atoms with van der Waals surface area (Å²) in [5.41, 5.74) is 7.15. The summed E-state index contributed by atoms with van der Waals surface area (Å²) < 4.78 is 81.7. The summed E-state index contributed by atoms with van der Waals surface area (Å²) >= 11 is 0. The van der Waals surface area contributed by atoms with Gasteiger partial charge in [-0.15, -0.1) is 0 Å². The number of aliphatic hydroxyl groups is 20. The molecule has 0 unspecified atom stereocenters. The fourth-order valence-electron chi connectivity index (χ4n) is 11.7. The molecule has 0 aromatic heterocycles. The third-order valence-corrected chi connectivity index (χ3v) is 16.6. The second-order valence-electron chi connectivity index (χ2n) is 22.1. The molecular weight excluding hydrogens is 1170 g/mol. The van der Waals surface area contributed by atoms with Gasteiger partial charge in [0.1, 0.15) is 165 Å². The SMILES string of the molecule is NCc1ccc(CN[C@H]2[C@H](O)[C@H]3O[C@H]4[C@@H](O)[C@H](O)[C@@H](O[C@H]5[C@@H](O)[C@H](O)[C@@H](O[C@H]6[C@H](O)[C@@H](O)[C@@H](O[C@H]7[C@H](O)[C@@H](O)[C@@H](O[C@H]8[C@H](O)[C@@H](O)[C@@H](O[C@H]9[C@H](O)[C@@H](O)[C@@H](O[C@@H]2[C@@H](CO)O3)O[C@H]9CO)O[C@@H]8CO)O[C@@H]7CO)O[C@@H]6CO)O[C@@H]5CO)O[C@@H]4CO)cc1. The van der Waals surface area contributed by atoms with E-state index in [1.807, 2.05) is 0 Å². The average Bonchev–Trinajstić information content (AvgIpc) is 1.70. The normalized spacial score (nSPS) is 50.8. The van der Waals surface area contributed by atoms with Gasteiger partial charge < -0.3 is 179 Å². The van der Waals surface area contributed by atoms with E-state index in [4.69, 9.17) is 72.0 Å². The molecule has 22 rings (SSSR count). The lowest BCUT2D eigenvalue weighted by Crippen LogP contribution is -2.70. The minimum absolute atomic E-state index is 0.0721. The number of aliphatic hydroxyl groups excluding tert-OH is 20. The lowest BCUT2D eigenvalue weighted by Gasteiger charge is -2.50. The van der Waals surface area contributed by atoms with Crippen molar-refractivity contribution in [3.63, 3.8) is 0 Å². The van der Waals surface area contributed by atoms with Gasteiger partial charge in [0.2, 0.25) is 0 Å². The fourth-order valence-corrected chi connectivity index (χ4v) is 11.7. The first-order chi connectivity index (χ1) is 41.1. The zero-order valence-electron chi connectivity index (χ0n) is 45.6. The van der Waals surface area contributed by atoms with Crippen molar-refractivity contribution in [3.8, 4) is 0 Å². The van der Waals surface area contributed by atoms with Gasteiger partial charge in [-0.25, -0.2) is 0 Å². The molecule has 1 aromatic rings. The van der Waals surface area contributed by atoms with Gasteiger partial charge in [-0.05, 0) is 11.1 Å². The first kappa shape index (κ1) is 68.2. The Morgan fingerprint density at radius 1 is 0.267 bits per heavy atom. The van der Waals surface area contributed by atoms with Gasteiger partial charge in [-0.2, -0.15) is 0 Å². The molecule has 0 radical (unpaired) electrons. The molecule has 0 aliphatic carbocycles. The van der Waals surface area contributed by atoms with Gasteiger partial charge in [0.25, 0.3) is 0 Å². The van der Waals surface area contributed by atoms with Crippen LogP contribution in [0.3, 0.4) is 0 Å². The standard InChI is InChI=1S/C50H80N2O34/c51-5-14-1-3-15(4-2-14)6-52-23-24(60)44-73-16(7-53)37(23)80-45-31(67)25(61)39(18(9-55)74-45)82-47-33(69)27(63)41(20(11-57)76-47)84-49-35(71)29(65)43(22(13-59)78-49)86-50-36(72)30(66)42(21(12-58)79-50)85-48-34(70)28(64)40(19(10-56)77-48)83-46-32(68)26(62)38(81-44)17(8-54)75-46/h1-4,16-50,52-72H,5-13,51H2/t16-,17-,18+,19-,20-,21-,22-,23+,24+,25-,26+,27-,28+,29-,30-,31-,32+,33-,34+,35-,36-,37-,38-,39-,40-,41-,42-,43-,44-,45-,46-,47-,48-,49-,50-/m1/s1. The van der Waals surface area contributed by atoms with Crippen LogP contribution in [0.4, 0.5) is 0 Å². The number of hydrogen-bond acceptors (Lipinski definition) is 36. The fraction of sp³-hybridized carbons (Fsp3) is 0.880. The highest BCUT2D eigenvalue weighted by atomic mass is 16.8. The molecule has 21 saturated heterocycles. The summed E-state index contributed by atoms with van der Waals surface area (Å²) in [5.74, 6) is 0. The topological polar surface area (TPSA) is 572 Å². The second-order valence-corrected chi connectivity index (χ2v) is 22.1. The van der Waals surface area contributed by atoms with Crippen LogP contribution in [0.1, 0.15) is 11.1 Å². The van der Waals surface area contributed by atoms with Crippen molar-refractivity contribution in [2.24, 2.45) is 5.73 Å². The monoisotopic (exact) mass is 1250 g/mol. The molecule has 86 heavy (non-hydrogen) atoms. The molecule has 36 heteroatoms. The molecule has 21 aliphatic rings. The summed E-state index contributed by atoms with van der Waals surface area (Å²) in [6.45, 7) is -7.04. The van der Waals surface area contributed by atoms with Gasteiger partial charge in [-0.1, -0.05) is 24.3 Å². The summed E-state index contributed by atoms with van der Waals surface area (Å²) in [7, 11) is 0. The van der Waals surface area contributed by atoms with Gasteiger partial charge in [0, 0.05) is 13.1 Å². The van der Waals surface area contributed by atoms with Crippen LogP contribution in [0.5, 0.6) is 0 Å². The van der Waals surface area contributed by atoms with E-state index >= 15 is 0 Å². The third kappa shape index (κ3) is 13.8. The Morgan fingerprint density at radius 2 is 0.465 bits per heavy atom. The van der Waals surface area contributed by atoms with E-state index in [0.29, 0.717) is 5.56 Å². The zero-order chi connectivity index (χ0) is 62.2. The Bertz CT molecular complexity index is 2230. The molecule has 35 atom stereocenters. The second kappa shape index (κ2) is 29.6. The Hall–Kier alpha value is -2.22. The van der Waals surface area contributed by atoms with Gasteiger partial charge in [0.15, 0.2) is 44.0 Å². The maximum atomic E-state index is 12.2. The van der Waals surface area contributed by atoms with Crippen molar-refractivity contribution >= 4 is 0 Å². The Kier molecular flexibility index (Phi) is 23.5.